The molecule has 108 valence electrons. The number of thiophene rings is 1. The van der Waals surface area contributed by atoms with E-state index in [1.165, 1.54) is 17.0 Å². The summed E-state index contributed by atoms with van der Waals surface area (Å²) in [4.78, 5) is 2.11. The molecule has 0 fully saturated rings. The van der Waals surface area contributed by atoms with Crippen molar-refractivity contribution in [2.75, 3.05) is 5.73 Å². The molecule has 1 aromatic carbocycles. The topological polar surface area (TPSA) is 72.2 Å². The molecule has 0 atom stereocenters. The molecular formula is C13H15ClN2O2S2. The first-order valence-electron chi connectivity index (χ1n) is 6.05. The Bertz CT molecular complexity index is 691. The fraction of sp³-hybridized carbons (Fsp3) is 0.231. The molecule has 0 radical (unpaired) electrons. The number of rotatable bonds is 5. The van der Waals surface area contributed by atoms with Gasteiger partial charge in [-0.1, -0.05) is 24.6 Å². The van der Waals surface area contributed by atoms with E-state index in [9.17, 15) is 8.42 Å². The molecule has 1 heterocycles. The lowest BCUT2D eigenvalue weighted by atomic mass is 10.3. The second kappa shape index (κ2) is 6.13. The van der Waals surface area contributed by atoms with E-state index in [0.717, 1.165) is 11.3 Å². The third kappa shape index (κ3) is 3.32. The first-order chi connectivity index (χ1) is 9.44. The predicted molar refractivity (Wildman–Crippen MR) is 83.6 cm³/mol. The number of benzene rings is 1. The van der Waals surface area contributed by atoms with Gasteiger partial charge in [0, 0.05) is 16.3 Å². The number of nitrogen functional groups attached to an aromatic ring is 1. The molecule has 0 unspecified atom stereocenters. The third-order valence-corrected chi connectivity index (χ3v) is 5.94. The van der Waals surface area contributed by atoms with E-state index in [-0.39, 0.29) is 22.2 Å². The maximum atomic E-state index is 12.3. The molecule has 0 aliphatic heterocycles. The molecule has 1 aromatic heterocycles. The van der Waals surface area contributed by atoms with E-state index in [2.05, 4.69) is 11.6 Å². The average Bonchev–Trinajstić information content (AvgIpc) is 2.84. The zero-order valence-corrected chi connectivity index (χ0v) is 13.3. The van der Waals surface area contributed by atoms with Gasteiger partial charge in [-0.25, -0.2) is 13.1 Å². The summed E-state index contributed by atoms with van der Waals surface area (Å²) in [5.41, 5.74) is 5.85. The zero-order chi connectivity index (χ0) is 14.8. The lowest BCUT2D eigenvalue weighted by Gasteiger charge is -2.09. The van der Waals surface area contributed by atoms with Gasteiger partial charge in [-0.3, -0.25) is 0 Å². The largest absolute Gasteiger partial charge is 0.398 e. The molecule has 2 rings (SSSR count). The molecule has 20 heavy (non-hydrogen) atoms. The van der Waals surface area contributed by atoms with Crippen molar-refractivity contribution in [2.24, 2.45) is 0 Å². The highest BCUT2D eigenvalue weighted by molar-refractivity contribution is 7.89. The Kier molecular flexibility index (Phi) is 4.70. The Morgan fingerprint density at radius 3 is 2.55 bits per heavy atom. The van der Waals surface area contributed by atoms with E-state index in [1.807, 2.05) is 12.1 Å². The Morgan fingerprint density at radius 1 is 1.25 bits per heavy atom. The summed E-state index contributed by atoms with van der Waals surface area (Å²) in [6, 6.07) is 8.55. The minimum Gasteiger partial charge on any atom is -0.398 e. The van der Waals surface area contributed by atoms with Crippen LogP contribution in [0.2, 0.25) is 5.02 Å². The molecule has 0 spiro atoms. The highest BCUT2D eigenvalue weighted by Gasteiger charge is 2.20. The first-order valence-corrected chi connectivity index (χ1v) is 8.73. The highest BCUT2D eigenvalue weighted by atomic mass is 35.5. The van der Waals surface area contributed by atoms with Crippen LogP contribution in [0.3, 0.4) is 0 Å². The smallest absolute Gasteiger partial charge is 0.244 e. The standard InChI is InChI=1S/C13H15ClN2O2S2/c1-2-9-6-7-10(19-9)8-16-20(17,18)13-11(14)4-3-5-12(13)15/h3-7,16H,2,8,15H2,1H3. The SMILES string of the molecule is CCc1ccc(CNS(=O)(=O)c2c(N)cccc2Cl)s1. The van der Waals surface area contributed by atoms with E-state index in [4.69, 9.17) is 17.3 Å². The second-order valence-electron chi connectivity index (χ2n) is 4.20. The van der Waals surface area contributed by atoms with Crippen LogP contribution in [-0.4, -0.2) is 8.42 Å². The Balaban J connectivity index is 2.19. The van der Waals surface area contributed by atoms with Crippen molar-refractivity contribution >= 4 is 38.6 Å². The quantitative estimate of drug-likeness (QED) is 0.828. The lowest BCUT2D eigenvalue weighted by molar-refractivity contribution is 0.582. The summed E-state index contributed by atoms with van der Waals surface area (Å²) in [7, 11) is -3.72. The molecule has 7 heteroatoms. The van der Waals surface area contributed by atoms with Crippen LogP contribution in [0.15, 0.2) is 35.2 Å². The number of nitrogens with one attached hydrogen (secondary N) is 1. The summed E-state index contributed by atoms with van der Waals surface area (Å²) >= 11 is 7.51. The van der Waals surface area contributed by atoms with Crippen LogP contribution >= 0.6 is 22.9 Å². The molecule has 0 bridgehead atoms. The van der Waals surface area contributed by atoms with Crippen LogP contribution < -0.4 is 10.5 Å². The molecule has 2 aromatic rings. The minimum absolute atomic E-state index is 0.0612. The second-order valence-corrected chi connectivity index (χ2v) is 7.57. The lowest BCUT2D eigenvalue weighted by Crippen LogP contribution is -2.24. The maximum Gasteiger partial charge on any atom is 0.244 e. The van der Waals surface area contributed by atoms with Crippen molar-refractivity contribution in [2.45, 2.75) is 24.8 Å². The van der Waals surface area contributed by atoms with Gasteiger partial charge in [0.05, 0.1) is 10.7 Å². The van der Waals surface area contributed by atoms with E-state index in [1.54, 1.807) is 17.4 Å². The van der Waals surface area contributed by atoms with Gasteiger partial charge in [-0.15, -0.1) is 11.3 Å². The van der Waals surface area contributed by atoms with E-state index in [0.29, 0.717) is 0 Å². The Hall–Kier alpha value is -1.08. The van der Waals surface area contributed by atoms with Crippen molar-refractivity contribution in [1.82, 2.24) is 4.72 Å². The van der Waals surface area contributed by atoms with Crippen molar-refractivity contribution in [1.29, 1.82) is 0 Å². The molecule has 0 aliphatic rings. The summed E-state index contributed by atoms with van der Waals surface area (Å²) in [6.07, 6.45) is 0.939. The average molecular weight is 331 g/mol. The van der Waals surface area contributed by atoms with Gasteiger partial charge in [-0.2, -0.15) is 0 Å². The summed E-state index contributed by atoms with van der Waals surface area (Å²) in [5, 5.41) is 0.123. The van der Waals surface area contributed by atoms with Crippen LogP contribution in [0.1, 0.15) is 16.7 Å². The molecule has 0 saturated carbocycles. The van der Waals surface area contributed by atoms with Gasteiger partial charge in [0.1, 0.15) is 4.90 Å². The monoisotopic (exact) mass is 330 g/mol. The first kappa shape index (κ1) is 15.3. The number of hydrogen-bond donors (Lipinski definition) is 2. The number of nitrogens with two attached hydrogens (primary N) is 1. The summed E-state index contributed by atoms with van der Waals surface area (Å²) in [5.74, 6) is 0. The van der Waals surface area contributed by atoms with Gasteiger partial charge in [0.2, 0.25) is 10.0 Å². The Morgan fingerprint density at radius 2 is 1.95 bits per heavy atom. The number of aryl methyl sites for hydroxylation is 1. The Labute approximate surface area is 127 Å². The zero-order valence-electron chi connectivity index (χ0n) is 10.9. The predicted octanol–water partition coefficient (Wildman–Crippen LogP) is 3.02. The van der Waals surface area contributed by atoms with Crippen molar-refractivity contribution in [3.63, 3.8) is 0 Å². The molecule has 0 amide bonds. The van der Waals surface area contributed by atoms with Crippen LogP contribution in [0, 0.1) is 0 Å². The fourth-order valence-electron chi connectivity index (χ4n) is 1.75. The number of hydrogen-bond acceptors (Lipinski definition) is 4. The number of sulfonamides is 1. The van der Waals surface area contributed by atoms with Gasteiger partial charge in [-0.05, 0) is 30.7 Å². The van der Waals surface area contributed by atoms with Gasteiger partial charge < -0.3 is 5.73 Å². The molecule has 3 N–H and O–H groups in total. The minimum atomic E-state index is -3.72. The van der Waals surface area contributed by atoms with Crippen LogP contribution in [0.4, 0.5) is 5.69 Å². The number of anilines is 1. The van der Waals surface area contributed by atoms with E-state index >= 15 is 0 Å². The van der Waals surface area contributed by atoms with Gasteiger partial charge in [0.15, 0.2) is 0 Å². The van der Waals surface area contributed by atoms with Gasteiger partial charge in [0.25, 0.3) is 0 Å². The van der Waals surface area contributed by atoms with Crippen molar-refractivity contribution in [3.8, 4) is 0 Å². The number of halogens is 1. The van der Waals surface area contributed by atoms with E-state index < -0.39 is 10.0 Å². The molecule has 0 saturated heterocycles. The van der Waals surface area contributed by atoms with Crippen LogP contribution in [0.25, 0.3) is 0 Å². The third-order valence-electron chi connectivity index (χ3n) is 2.77. The molecule has 0 aliphatic carbocycles. The highest BCUT2D eigenvalue weighted by Crippen LogP contribution is 2.27. The summed E-state index contributed by atoms with van der Waals surface area (Å²) in [6.45, 7) is 2.29. The molecular weight excluding hydrogens is 316 g/mol. The summed E-state index contributed by atoms with van der Waals surface area (Å²) < 4.78 is 27.0. The van der Waals surface area contributed by atoms with Gasteiger partial charge >= 0.3 is 0 Å². The van der Waals surface area contributed by atoms with Crippen LogP contribution in [-0.2, 0) is 23.0 Å². The fourth-order valence-corrected chi connectivity index (χ4v) is 4.42. The van der Waals surface area contributed by atoms with Crippen molar-refractivity contribution < 1.29 is 8.42 Å². The maximum absolute atomic E-state index is 12.3. The van der Waals surface area contributed by atoms with Crippen LogP contribution in [0.5, 0.6) is 0 Å². The normalized spacial score (nSPS) is 11.7. The molecule has 4 nitrogen and oxygen atoms in total. The van der Waals surface area contributed by atoms with Crippen molar-refractivity contribution in [3.05, 3.63) is 45.1 Å².